The van der Waals surface area contributed by atoms with E-state index < -0.39 is 5.79 Å². The first-order chi connectivity index (χ1) is 5.25. The lowest BCUT2D eigenvalue weighted by Gasteiger charge is -2.25. The molecule has 1 N–H and O–H groups in total. The SMILES string of the molecule is O[C@@H]1CCC2(OCCO2)[C@H]1Br. The number of hydrogen-bond acceptors (Lipinski definition) is 3. The largest absolute Gasteiger partial charge is 0.392 e. The third kappa shape index (κ3) is 1.13. The summed E-state index contributed by atoms with van der Waals surface area (Å²) in [6, 6.07) is 0. The van der Waals surface area contributed by atoms with E-state index in [9.17, 15) is 5.11 Å². The van der Waals surface area contributed by atoms with E-state index in [1.807, 2.05) is 0 Å². The molecule has 0 aromatic heterocycles. The minimum absolute atomic E-state index is 0.0579. The number of alkyl halides is 1. The second kappa shape index (κ2) is 2.69. The van der Waals surface area contributed by atoms with Gasteiger partial charge in [-0.3, -0.25) is 0 Å². The predicted octanol–water partition coefficient (Wildman–Crippen LogP) is 0.648. The molecule has 0 bridgehead atoms. The molecule has 64 valence electrons. The van der Waals surface area contributed by atoms with Crippen LogP contribution in [0.4, 0.5) is 0 Å². The van der Waals surface area contributed by atoms with Crippen LogP contribution in [0, 0.1) is 0 Å². The van der Waals surface area contributed by atoms with Gasteiger partial charge in [-0.1, -0.05) is 15.9 Å². The van der Waals surface area contributed by atoms with E-state index >= 15 is 0 Å². The molecular formula is C7H11BrO3. The van der Waals surface area contributed by atoms with Gasteiger partial charge in [0.25, 0.3) is 0 Å². The lowest BCUT2D eigenvalue weighted by Crippen LogP contribution is -2.38. The van der Waals surface area contributed by atoms with Crippen LogP contribution < -0.4 is 0 Å². The molecular weight excluding hydrogens is 212 g/mol. The summed E-state index contributed by atoms with van der Waals surface area (Å²) in [5.74, 6) is -0.514. The minimum Gasteiger partial charge on any atom is -0.392 e. The van der Waals surface area contributed by atoms with Crippen LogP contribution in [-0.4, -0.2) is 35.0 Å². The van der Waals surface area contributed by atoms with Gasteiger partial charge in [-0.2, -0.15) is 0 Å². The Morgan fingerprint density at radius 1 is 1.36 bits per heavy atom. The highest BCUT2D eigenvalue weighted by molar-refractivity contribution is 9.09. The van der Waals surface area contributed by atoms with Crippen molar-refractivity contribution in [2.75, 3.05) is 13.2 Å². The Morgan fingerprint density at radius 2 is 2.00 bits per heavy atom. The van der Waals surface area contributed by atoms with Gasteiger partial charge in [0.1, 0.15) is 0 Å². The van der Waals surface area contributed by atoms with Crippen LogP contribution in [0.5, 0.6) is 0 Å². The molecule has 0 amide bonds. The summed E-state index contributed by atoms with van der Waals surface area (Å²) in [6.07, 6.45) is 1.23. The maximum Gasteiger partial charge on any atom is 0.183 e. The van der Waals surface area contributed by atoms with E-state index in [4.69, 9.17) is 9.47 Å². The number of aliphatic hydroxyl groups excluding tert-OH is 1. The van der Waals surface area contributed by atoms with Crippen molar-refractivity contribution >= 4 is 15.9 Å². The van der Waals surface area contributed by atoms with Crippen molar-refractivity contribution in [3.05, 3.63) is 0 Å². The minimum atomic E-state index is -0.514. The van der Waals surface area contributed by atoms with Gasteiger partial charge in [0.2, 0.25) is 0 Å². The lowest BCUT2D eigenvalue weighted by atomic mass is 10.2. The zero-order chi connectivity index (χ0) is 7.90. The van der Waals surface area contributed by atoms with E-state index in [-0.39, 0.29) is 10.9 Å². The van der Waals surface area contributed by atoms with Gasteiger partial charge in [-0.15, -0.1) is 0 Å². The summed E-state index contributed by atoms with van der Waals surface area (Å²) in [5.41, 5.74) is 0. The number of hydrogen-bond donors (Lipinski definition) is 1. The van der Waals surface area contributed by atoms with Crippen molar-refractivity contribution in [1.29, 1.82) is 0 Å². The fraction of sp³-hybridized carbons (Fsp3) is 1.00. The Morgan fingerprint density at radius 3 is 2.45 bits per heavy atom. The molecule has 1 heterocycles. The summed E-state index contributed by atoms with van der Waals surface area (Å²) < 4.78 is 10.9. The van der Waals surface area contributed by atoms with Crippen molar-refractivity contribution < 1.29 is 14.6 Å². The topological polar surface area (TPSA) is 38.7 Å². The lowest BCUT2D eigenvalue weighted by molar-refractivity contribution is -0.148. The molecule has 2 rings (SSSR count). The van der Waals surface area contributed by atoms with Gasteiger partial charge in [0.15, 0.2) is 5.79 Å². The highest BCUT2D eigenvalue weighted by atomic mass is 79.9. The second-order valence-electron chi connectivity index (χ2n) is 3.02. The van der Waals surface area contributed by atoms with Gasteiger partial charge in [-0.05, 0) is 6.42 Å². The molecule has 2 aliphatic rings. The molecule has 4 heteroatoms. The normalized spacial score (nSPS) is 42.0. The Kier molecular flexibility index (Phi) is 1.95. The maximum absolute atomic E-state index is 9.42. The van der Waals surface area contributed by atoms with Crippen LogP contribution in [0.3, 0.4) is 0 Å². The first-order valence-corrected chi connectivity index (χ1v) is 4.76. The fourth-order valence-electron chi connectivity index (χ4n) is 1.70. The zero-order valence-electron chi connectivity index (χ0n) is 6.12. The van der Waals surface area contributed by atoms with Gasteiger partial charge in [0, 0.05) is 6.42 Å². The molecule has 1 saturated carbocycles. The molecule has 2 atom stereocenters. The number of aliphatic hydroxyl groups is 1. The zero-order valence-corrected chi connectivity index (χ0v) is 7.71. The van der Waals surface area contributed by atoms with Gasteiger partial charge in [-0.25, -0.2) is 0 Å². The van der Waals surface area contributed by atoms with E-state index in [1.54, 1.807) is 0 Å². The molecule has 1 spiro atoms. The summed E-state index contributed by atoms with van der Waals surface area (Å²) in [6.45, 7) is 1.30. The van der Waals surface area contributed by atoms with Gasteiger partial charge in [0.05, 0.1) is 24.1 Å². The van der Waals surface area contributed by atoms with E-state index in [2.05, 4.69) is 15.9 Å². The molecule has 3 nitrogen and oxygen atoms in total. The molecule has 11 heavy (non-hydrogen) atoms. The Hall–Kier alpha value is 0.360. The molecule has 0 unspecified atom stereocenters. The molecule has 0 aromatic rings. The van der Waals surface area contributed by atoms with E-state index in [0.717, 1.165) is 12.8 Å². The second-order valence-corrected chi connectivity index (χ2v) is 4.00. The average molecular weight is 223 g/mol. The smallest absolute Gasteiger partial charge is 0.183 e. The summed E-state index contributed by atoms with van der Waals surface area (Å²) in [4.78, 5) is -0.0579. The van der Waals surface area contributed by atoms with Gasteiger partial charge < -0.3 is 14.6 Å². The standard InChI is InChI=1S/C7H11BrO3/c8-6-5(9)1-2-7(6)10-3-4-11-7/h5-6,9H,1-4H2/t5-,6+/m1/s1. The van der Waals surface area contributed by atoms with Crippen molar-refractivity contribution in [1.82, 2.24) is 0 Å². The van der Waals surface area contributed by atoms with E-state index in [0.29, 0.717) is 13.2 Å². The van der Waals surface area contributed by atoms with Crippen molar-refractivity contribution in [2.24, 2.45) is 0 Å². The van der Waals surface area contributed by atoms with Crippen LogP contribution in [0.25, 0.3) is 0 Å². The Bertz CT molecular complexity index is 156. The highest BCUT2D eigenvalue weighted by Gasteiger charge is 2.51. The Labute approximate surface area is 73.8 Å². The van der Waals surface area contributed by atoms with Crippen LogP contribution in [-0.2, 0) is 9.47 Å². The molecule has 0 radical (unpaired) electrons. The maximum atomic E-state index is 9.42. The average Bonchev–Trinajstić information content (AvgIpc) is 2.56. The van der Waals surface area contributed by atoms with Crippen LogP contribution in [0.15, 0.2) is 0 Å². The number of ether oxygens (including phenoxy) is 2. The summed E-state index contributed by atoms with van der Waals surface area (Å²) >= 11 is 3.39. The highest BCUT2D eigenvalue weighted by Crippen LogP contribution is 2.41. The van der Waals surface area contributed by atoms with Crippen LogP contribution in [0.1, 0.15) is 12.8 Å². The van der Waals surface area contributed by atoms with Gasteiger partial charge >= 0.3 is 0 Å². The van der Waals surface area contributed by atoms with Crippen LogP contribution in [0.2, 0.25) is 0 Å². The first-order valence-electron chi connectivity index (χ1n) is 3.85. The molecule has 2 fully saturated rings. The summed E-state index contributed by atoms with van der Waals surface area (Å²) in [7, 11) is 0. The molecule has 1 aliphatic heterocycles. The van der Waals surface area contributed by atoms with E-state index in [1.165, 1.54) is 0 Å². The molecule has 1 saturated heterocycles. The fourth-order valence-corrected chi connectivity index (χ4v) is 2.46. The third-order valence-electron chi connectivity index (χ3n) is 2.32. The number of halogens is 1. The third-order valence-corrected chi connectivity index (χ3v) is 3.63. The summed E-state index contributed by atoms with van der Waals surface area (Å²) in [5, 5.41) is 9.42. The molecule has 0 aromatic carbocycles. The van der Waals surface area contributed by atoms with Crippen molar-refractivity contribution in [3.8, 4) is 0 Å². The quantitative estimate of drug-likeness (QED) is 0.612. The monoisotopic (exact) mass is 222 g/mol. The molecule has 1 aliphatic carbocycles. The first kappa shape index (κ1) is 7.98. The van der Waals surface area contributed by atoms with Crippen LogP contribution >= 0.6 is 15.9 Å². The Balaban J connectivity index is 2.13. The number of rotatable bonds is 0. The van der Waals surface area contributed by atoms with Crippen molar-refractivity contribution in [3.63, 3.8) is 0 Å². The predicted molar refractivity (Wildman–Crippen MR) is 42.6 cm³/mol. The van der Waals surface area contributed by atoms with Crippen molar-refractivity contribution in [2.45, 2.75) is 29.6 Å².